The van der Waals surface area contributed by atoms with Crippen molar-refractivity contribution in [1.82, 2.24) is 29.8 Å². The number of benzene rings is 1. The predicted molar refractivity (Wildman–Crippen MR) is 121 cm³/mol. The Bertz CT molecular complexity index is 1360. The molecule has 9 nitrogen and oxygen atoms in total. The van der Waals surface area contributed by atoms with Crippen LogP contribution < -0.4 is 10.9 Å². The largest absolute Gasteiger partial charge is 0.338 e. The minimum atomic E-state index is -0.199. The monoisotopic (exact) mass is 428 g/mol. The van der Waals surface area contributed by atoms with Gasteiger partial charge in [-0.05, 0) is 43.5 Å². The van der Waals surface area contributed by atoms with Crippen LogP contribution in [0.5, 0.6) is 0 Å². The normalized spacial score (nSPS) is 18.5. The maximum absolute atomic E-state index is 12.7. The summed E-state index contributed by atoms with van der Waals surface area (Å²) in [6.07, 6.45) is 7.38. The van der Waals surface area contributed by atoms with Crippen LogP contribution >= 0.6 is 0 Å². The van der Waals surface area contributed by atoms with Crippen LogP contribution in [0.1, 0.15) is 43.0 Å². The fraction of sp³-hybridized carbons (Fsp3) is 0.348. The molecule has 32 heavy (non-hydrogen) atoms. The Morgan fingerprint density at radius 3 is 2.97 bits per heavy atom. The maximum atomic E-state index is 12.7. The van der Waals surface area contributed by atoms with Crippen LogP contribution in [-0.2, 0) is 6.54 Å². The Hall–Kier alpha value is -3.93. The van der Waals surface area contributed by atoms with E-state index in [0.29, 0.717) is 17.7 Å². The summed E-state index contributed by atoms with van der Waals surface area (Å²) in [5, 5.41) is 26.4. The van der Waals surface area contributed by atoms with Crippen LogP contribution in [0, 0.1) is 24.2 Å². The SMILES string of the molecule is Cc1cn(Cc2cccc(Nc3nn([C@H]4CCCC[C@@H]4C#N)c4cc[nH]c(=O)c34)c2)nn1. The second-order valence-electron chi connectivity index (χ2n) is 8.33. The van der Waals surface area contributed by atoms with Gasteiger partial charge in [-0.3, -0.25) is 9.48 Å². The first kappa shape index (κ1) is 20.0. The van der Waals surface area contributed by atoms with Gasteiger partial charge in [0.2, 0.25) is 0 Å². The summed E-state index contributed by atoms with van der Waals surface area (Å²) in [5.74, 6) is 0.395. The minimum Gasteiger partial charge on any atom is -0.338 e. The van der Waals surface area contributed by atoms with Crippen molar-refractivity contribution in [3.05, 3.63) is 64.3 Å². The molecule has 0 aliphatic heterocycles. The maximum Gasteiger partial charge on any atom is 0.261 e. The van der Waals surface area contributed by atoms with E-state index in [1.54, 1.807) is 10.9 Å². The Labute approximate surface area is 184 Å². The summed E-state index contributed by atoms with van der Waals surface area (Å²) in [6.45, 7) is 2.50. The number of H-pyrrole nitrogens is 1. The van der Waals surface area contributed by atoms with Gasteiger partial charge < -0.3 is 10.3 Å². The third-order valence-corrected chi connectivity index (χ3v) is 6.03. The Morgan fingerprint density at radius 2 is 2.16 bits per heavy atom. The molecule has 0 bridgehead atoms. The number of anilines is 2. The van der Waals surface area contributed by atoms with Crippen molar-refractivity contribution in [3.8, 4) is 6.07 Å². The molecule has 1 fully saturated rings. The molecule has 0 amide bonds. The molecule has 1 aromatic carbocycles. The molecular formula is C23H24N8O. The van der Waals surface area contributed by atoms with Gasteiger partial charge >= 0.3 is 0 Å². The van der Waals surface area contributed by atoms with Crippen LogP contribution in [0.3, 0.4) is 0 Å². The number of pyridine rings is 1. The molecule has 0 unspecified atom stereocenters. The van der Waals surface area contributed by atoms with Gasteiger partial charge in [0, 0.05) is 18.1 Å². The van der Waals surface area contributed by atoms with Gasteiger partial charge in [-0.1, -0.05) is 30.2 Å². The van der Waals surface area contributed by atoms with Crippen LogP contribution in [-0.4, -0.2) is 29.8 Å². The molecule has 1 saturated carbocycles. The van der Waals surface area contributed by atoms with E-state index in [0.717, 1.165) is 48.1 Å². The Balaban J connectivity index is 1.50. The van der Waals surface area contributed by atoms with Gasteiger partial charge in [0.1, 0.15) is 5.39 Å². The summed E-state index contributed by atoms with van der Waals surface area (Å²) in [4.78, 5) is 15.5. The third-order valence-electron chi connectivity index (χ3n) is 6.03. The van der Waals surface area contributed by atoms with Crippen LogP contribution in [0.2, 0.25) is 0 Å². The second kappa shape index (κ2) is 8.30. The number of aromatic amines is 1. The number of nitriles is 1. The molecule has 1 aliphatic carbocycles. The van der Waals surface area contributed by atoms with E-state index < -0.39 is 0 Å². The average molecular weight is 429 g/mol. The number of aromatic nitrogens is 6. The smallest absolute Gasteiger partial charge is 0.261 e. The third kappa shape index (κ3) is 3.75. The van der Waals surface area contributed by atoms with Gasteiger partial charge in [0.25, 0.3) is 5.56 Å². The number of rotatable bonds is 5. The molecule has 0 saturated heterocycles. The topological polar surface area (TPSA) is 117 Å². The molecule has 4 aromatic rings. The fourth-order valence-corrected chi connectivity index (χ4v) is 4.54. The number of nitrogens with one attached hydrogen (secondary N) is 2. The van der Waals surface area contributed by atoms with Crippen LogP contribution in [0.25, 0.3) is 10.9 Å². The first-order chi connectivity index (χ1) is 15.6. The lowest BCUT2D eigenvalue weighted by molar-refractivity contribution is 0.277. The Kier molecular flexibility index (Phi) is 5.19. The van der Waals surface area contributed by atoms with Crippen LogP contribution in [0.4, 0.5) is 11.5 Å². The summed E-state index contributed by atoms with van der Waals surface area (Å²) >= 11 is 0. The average Bonchev–Trinajstić information content (AvgIpc) is 3.38. The molecule has 162 valence electrons. The van der Waals surface area contributed by atoms with Crippen molar-refractivity contribution in [2.75, 3.05) is 5.32 Å². The second-order valence-corrected chi connectivity index (χ2v) is 8.33. The van der Waals surface area contributed by atoms with E-state index in [2.05, 4.69) is 26.7 Å². The molecule has 2 N–H and O–H groups in total. The van der Waals surface area contributed by atoms with Crippen molar-refractivity contribution in [2.24, 2.45) is 5.92 Å². The van der Waals surface area contributed by atoms with Gasteiger partial charge in [0.15, 0.2) is 5.82 Å². The number of aryl methyl sites for hydroxylation is 1. The van der Waals surface area contributed by atoms with E-state index in [4.69, 9.17) is 5.10 Å². The lowest BCUT2D eigenvalue weighted by Crippen LogP contribution is -2.23. The molecule has 3 aromatic heterocycles. The highest BCUT2D eigenvalue weighted by molar-refractivity contribution is 5.91. The molecule has 9 heteroatoms. The lowest BCUT2D eigenvalue weighted by Gasteiger charge is -2.27. The van der Waals surface area contributed by atoms with Crippen LogP contribution in [0.15, 0.2) is 47.5 Å². The zero-order chi connectivity index (χ0) is 22.1. The lowest BCUT2D eigenvalue weighted by atomic mass is 9.85. The van der Waals surface area contributed by atoms with Gasteiger partial charge in [-0.15, -0.1) is 5.10 Å². The fourth-order valence-electron chi connectivity index (χ4n) is 4.54. The molecule has 0 radical (unpaired) electrons. The van der Waals surface area contributed by atoms with Crippen molar-refractivity contribution < 1.29 is 0 Å². The quantitative estimate of drug-likeness (QED) is 0.501. The zero-order valence-corrected chi connectivity index (χ0v) is 17.8. The molecule has 5 rings (SSSR count). The molecule has 2 atom stereocenters. The van der Waals surface area contributed by atoms with Gasteiger partial charge in [-0.25, -0.2) is 4.68 Å². The molecule has 0 spiro atoms. The van der Waals surface area contributed by atoms with Gasteiger partial charge in [0.05, 0.1) is 35.8 Å². The number of nitrogens with zero attached hydrogens (tertiary/aromatic N) is 6. The summed E-state index contributed by atoms with van der Waals surface area (Å²) in [7, 11) is 0. The highest BCUT2D eigenvalue weighted by Crippen LogP contribution is 2.36. The number of hydrogen-bond donors (Lipinski definition) is 2. The first-order valence-electron chi connectivity index (χ1n) is 10.8. The van der Waals surface area contributed by atoms with E-state index in [9.17, 15) is 10.1 Å². The van der Waals surface area contributed by atoms with Gasteiger partial charge in [-0.2, -0.15) is 10.4 Å². The summed E-state index contributed by atoms with van der Waals surface area (Å²) in [6, 6.07) is 12.2. The Morgan fingerprint density at radius 1 is 1.28 bits per heavy atom. The zero-order valence-electron chi connectivity index (χ0n) is 17.8. The van der Waals surface area contributed by atoms with E-state index in [1.165, 1.54) is 0 Å². The first-order valence-corrected chi connectivity index (χ1v) is 10.8. The summed E-state index contributed by atoms with van der Waals surface area (Å²) < 4.78 is 3.66. The molecule has 3 heterocycles. The minimum absolute atomic E-state index is 0.0320. The van der Waals surface area contributed by atoms with E-state index in [-0.39, 0.29) is 17.5 Å². The molecule has 1 aliphatic rings. The number of fused-ring (bicyclic) bond motifs is 1. The van der Waals surface area contributed by atoms with Crippen molar-refractivity contribution in [2.45, 2.75) is 45.2 Å². The molecular weight excluding hydrogens is 404 g/mol. The van der Waals surface area contributed by atoms with Crippen molar-refractivity contribution in [3.63, 3.8) is 0 Å². The summed E-state index contributed by atoms with van der Waals surface area (Å²) in [5.41, 5.74) is 3.30. The van der Waals surface area contributed by atoms with Crippen molar-refractivity contribution >= 4 is 22.4 Å². The number of hydrogen-bond acceptors (Lipinski definition) is 6. The van der Waals surface area contributed by atoms with E-state index in [1.807, 2.05) is 48.1 Å². The standard InChI is InChI=1S/C23H24N8O/c1-15-13-30(29-27-15)14-16-5-4-7-18(11-16)26-22-21-20(9-10-25-23(21)32)31(28-22)19-8-3-2-6-17(19)12-24/h4-5,7,9-11,13,17,19H,2-3,6,8,14H2,1H3,(H,25,32)(H,26,28)/t17-,19+/m1/s1. The van der Waals surface area contributed by atoms with E-state index >= 15 is 0 Å². The predicted octanol–water partition coefficient (Wildman–Crippen LogP) is 3.67. The highest BCUT2D eigenvalue weighted by atomic mass is 16.1. The highest BCUT2D eigenvalue weighted by Gasteiger charge is 2.29. The van der Waals surface area contributed by atoms with Crippen molar-refractivity contribution in [1.29, 1.82) is 5.26 Å².